The summed E-state index contributed by atoms with van der Waals surface area (Å²) in [4.78, 5) is 2.10. The molecule has 3 heteroatoms. The average Bonchev–Trinajstić information content (AvgIpc) is 2.27. The van der Waals surface area contributed by atoms with Crippen LogP contribution < -0.4 is 4.90 Å². The Morgan fingerprint density at radius 1 is 1.40 bits per heavy atom. The number of hydrogen-bond donors (Lipinski definition) is 0. The van der Waals surface area contributed by atoms with Crippen LogP contribution >= 0.6 is 11.6 Å². The summed E-state index contributed by atoms with van der Waals surface area (Å²) < 4.78 is 12.7. The van der Waals surface area contributed by atoms with Crippen molar-refractivity contribution in [3.8, 4) is 0 Å². The second-order valence-corrected chi connectivity index (χ2v) is 3.64. The van der Waals surface area contributed by atoms with Gasteiger partial charge in [-0.1, -0.05) is 6.58 Å². The van der Waals surface area contributed by atoms with Gasteiger partial charge in [-0.15, -0.1) is 11.6 Å². The molecular formula is C12H15ClFN. The summed E-state index contributed by atoms with van der Waals surface area (Å²) in [5.74, 6) is 0.239. The summed E-state index contributed by atoms with van der Waals surface area (Å²) in [6.07, 6.45) is 0. The van der Waals surface area contributed by atoms with Crippen LogP contribution in [0.5, 0.6) is 0 Å². The first-order chi connectivity index (χ1) is 7.17. The van der Waals surface area contributed by atoms with Crippen LogP contribution in [0.1, 0.15) is 6.92 Å². The van der Waals surface area contributed by atoms with E-state index in [0.717, 1.165) is 17.8 Å². The minimum Gasteiger partial charge on any atom is -0.368 e. The molecule has 0 bridgehead atoms. The quantitative estimate of drug-likeness (QED) is 0.550. The topological polar surface area (TPSA) is 3.24 Å². The van der Waals surface area contributed by atoms with E-state index in [0.29, 0.717) is 12.4 Å². The summed E-state index contributed by atoms with van der Waals surface area (Å²) in [7, 11) is 0. The smallest absolute Gasteiger partial charge is 0.123 e. The molecule has 1 aromatic rings. The van der Waals surface area contributed by atoms with Crippen molar-refractivity contribution in [2.45, 2.75) is 6.92 Å². The molecule has 0 heterocycles. The zero-order valence-electron chi connectivity index (χ0n) is 8.84. The number of nitrogens with zero attached hydrogens (tertiary/aromatic N) is 1. The first-order valence-electron chi connectivity index (χ1n) is 4.90. The second-order valence-electron chi connectivity index (χ2n) is 3.37. The molecule has 0 aromatic heterocycles. The fraction of sp³-hybridized carbons (Fsp3) is 0.333. The van der Waals surface area contributed by atoms with Crippen LogP contribution in [0.25, 0.3) is 0 Å². The van der Waals surface area contributed by atoms with Gasteiger partial charge >= 0.3 is 0 Å². The molecule has 82 valence electrons. The summed E-state index contributed by atoms with van der Waals surface area (Å²) in [5.41, 5.74) is 1.95. The molecule has 0 spiro atoms. The number of likely N-dealkylation sites (N-methyl/N-ethyl adjacent to an activating group) is 1. The van der Waals surface area contributed by atoms with Crippen LogP contribution in [0, 0.1) is 5.82 Å². The number of benzene rings is 1. The lowest BCUT2D eigenvalue weighted by Gasteiger charge is -2.23. The highest BCUT2D eigenvalue weighted by molar-refractivity contribution is 6.19. The lowest BCUT2D eigenvalue weighted by Crippen LogP contribution is -2.25. The van der Waals surface area contributed by atoms with Crippen LogP contribution in [0.3, 0.4) is 0 Å². The Kier molecular flexibility index (Phi) is 4.63. The van der Waals surface area contributed by atoms with E-state index < -0.39 is 0 Å². The zero-order chi connectivity index (χ0) is 11.3. The molecule has 1 nitrogen and oxygen atoms in total. The van der Waals surface area contributed by atoms with Crippen molar-refractivity contribution in [1.29, 1.82) is 0 Å². The third-order valence-electron chi connectivity index (χ3n) is 2.18. The number of alkyl halides is 1. The minimum absolute atomic E-state index is 0.217. The standard InChI is InChI=1S/C12H15ClFN/c1-3-15(9-10(2)8-13)12-6-4-11(14)5-7-12/h4-7H,2-3,8-9H2,1H3. The molecule has 0 N–H and O–H groups in total. The van der Waals surface area contributed by atoms with Gasteiger partial charge in [0.25, 0.3) is 0 Å². The van der Waals surface area contributed by atoms with E-state index in [9.17, 15) is 4.39 Å². The van der Waals surface area contributed by atoms with Crippen LogP contribution in [-0.2, 0) is 0 Å². The van der Waals surface area contributed by atoms with Gasteiger partial charge in [0.2, 0.25) is 0 Å². The van der Waals surface area contributed by atoms with Gasteiger partial charge < -0.3 is 4.90 Å². The van der Waals surface area contributed by atoms with Crippen molar-refractivity contribution in [3.05, 3.63) is 42.2 Å². The number of halogens is 2. The SMILES string of the molecule is C=C(CCl)CN(CC)c1ccc(F)cc1. The Bertz CT molecular complexity index is 321. The molecule has 0 saturated carbocycles. The Labute approximate surface area is 95.2 Å². The zero-order valence-corrected chi connectivity index (χ0v) is 9.60. The highest BCUT2D eigenvalue weighted by Gasteiger charge is 2.05. The van der Waals surface area contributed by atoms with Crippen molar-refractivity contribution in [2.75, 3.05) is 23.9 Å². The van der Waals surface area contributed by atoms with Gasteiger partial charge in [0, 0.05) is 24.7 Å². The van der Waals surface area contributed by atoms with Crippen molar-refractivity contribution in [1.82, 2.24) is 0 Å². The normalized spacial score (nSPS) is 10.1. The summed E-state index contributed by atoms with van der Waals surface area (Å²) >= 11 is 5.68. The van der Waals surface area contributed by atoms with E-state index in [2.05, 4.69) is 11.5 Å². The maximum absolute atomic E-state index is 12.7. The maximum Gasteiger partial charge on any atom is 0.123 e. The van der Waals surface area contributed by atoms with Gasteiger partial charge in [0.15, 0.2) is 0 Å². The minimum atomic E-state index is -0.217. The number of rotatable bonds is 5. The van der Waals surface area contributed by atoms with E-state index in [1.165, 1.54) is 12.1 Å². The fourth-order valence-corrected chi connectivity index (χ4v) is 1.43. The summed E-state index contributed by atoms with van der Waals surface area (Å²) in [6.45, 7) is 7.47. The first kappa shape index (κ1) is 12.1. The first-order valence-corrected chi connectivity index (χ1v) is 5.44. The summed E-state index contributed by atoms with van der Waals surface area (Å²) in [5, 5.41) is 0. The predicted octanol–water partition coefficient (Wildman–Crippen LogP) is 3.45. The highest BCUT2D eigenvalue weighted by Crippen LogP contribution is 2.15. The molecule has 0 amide bonds. The van der Waals surface area contributed by atoms with Crippen molar-refractivity contribution >= 4 is 17.3 Å². The van der Waals surface area contributed by atoms with Gasteiger partial charge in [-0.2, -0.15) is 0 Å². The number of anilines is 1. The maximum atomic E-state index is 12.7. The van der Waals surface area contributed by atoms with Gasteiger partial charge in [-0.3, -0.25) is 0 Å². The van der Waals surface area contributed by atoms with Gasteiger partial charge in [-0.25, -0.2) is 4.39 Å². The van der Waals surface area contributed by atoms with Crippen LogP contribution in [0.15, 0.2) is 36.4 Å². The molecule has 0 aliphatic rings. The molecule has 0 fully saturated rings. The van der Waals surface area contributed by atoms with E-state index in [1.54, 1.807) is 12.1 Å². The molecule has 0 atom stereocenters. The molecule has 0 saturated heterocycles. The van der Waals surface area contributed by atoms with E-state index in [4.69, 9.17) is 11.6 Å². The second kappa shape index (κ2) is 5.76. The molecule has 0 radical (unpaired) electrons. The molecule has 0 aliphatic carbocycles. The molecule has 1 rings (SSSR count). The Morgan fingerprint density at radius 3 is 2.47 bits per heavy atom. The van der Waals surface area contributed by atoms with E-state index in [-0.39, 0.29) is 5.82 Å². The van der Waals surface area contributed by atoms with Crippen LogP contribution in [0.4, 0.5) is 10.1 Å². The third-order valence-corrected chi connectivity index (χ3v) is 2.55. The molecule has 1 aromatic carbocycles. The molecule has 15 heavy (non-hydrogen) atoms. The van der Waals surface area contributed by atoms with Crippen molar-refractivity contribution in [3.63, 3.8) is 0 Å². The lowest BCUT2D eigenvalue weighted by molar-refractivity contribution is 0.627. The lowest BCUT2D eigenvalue weighted by atomic mass is 10.2. The largest absolute Gasteiger partial charge is 0.368 e. The summed E-state index contributed by atoms with van der Waals surface area (Å²) in [6, 6.07) is 6.45. The van der Waals surface area contributed by atoms with Gasteiger partial charge in [-0.05, 0) is 36.8 Å². The Hall–Kier alpha value is -1.02. The van der Waals surface area contributed by atoms with E-state index >= 15 is 0 Å². The van der Waals surface area contributed by atoms with Crippen molar-refractivity contribution < 1.29 is 4.39 Å². The predicted molar refractivity (Wildman–Crippen MR) is 64.1 cm³/mol. The highest BCUT2D eigenvalue weighted by atomic mass is 35.5. The Balaban J connectivity index is 2.74. The van der Waals surface area contributed by atoms with Gasteiger partial charge in [0.05, 0.1) is 0 Å². The fourth-order valence-electron chi connectivity index (χ4n) is 1.35. The number of hydrogen-bond acceptors (Lipinski definition) is 1. The molecular weight excluding hydrogens is 213 g/mol. The Morgan fingerprint density at radius 2 is 2.00 bits per heavy atom. The molecule has 0 aliphatic heterocycles. The van der Waals surface area contributed by atoms with Crippen molar-refractivity contribution in [2.24, 2.45) is 0 Å². The molecule has 0 unspecified atom stereocenters. The average molecular weight is 228 g/mol. The van der Waals surface area contributed by atoms with Crippen LogP contribution in [-0.4, -0.2) is 19.0 Å². The van der Waals surface area contributed by atoms with E-state index in [1.807, 2.05) is 6.92 Å². The van der Waals surface area contributed by atoms with Crippen LogP contribution in [0.2, 0.25) is 0 Å². The van der Waals surface area contributed by atoms with Gasteiger partial charge in [0.1, 0.15) is 5.82 Å². The monoisotopic (exact) mass is 227 g/mol. The third kappa shape index (κ3) is 3.56.